The van der Waals surface area contributed by atoms with E-state index in [0.717, 1.165) is 0 Å². The molecule has 0 saturated carbocycles. The van der Waals surface area contributed by atoms with Crippen molar-refractivity contribution >= 4 is 55.8 Å². The molecule has 13 aromatic rings. The van der Waals surface area contributed by atoms with Gasteiger partial charge >= 0.3 is 0 Å². The van der Waals surface area contributed by atoms with Crippen molar-refractivity contribution in [2.45, 2.75) is 38.5 Å². The van der Waals surface area contributed by atoms with Crippen LogP contribution >= 0.6 is 0 Å². The molecule has 360 valence electrons. The molecular weight excluding hydrogens is 917 g/mol. The molecule has 2 aliphatic carbocycles. The second-order valence-electron chi connectivity index (χ2n) is 22.1. The standard InChI is InChI=1S/C74H54N2/c1-73(2)65-41-48(24-23-47-25-28-49(29-26-47)50-33-39-71-63(42-50)61-19-11-13-21-69(61)75(71)55-15-7-5-8-16-55)27-35-57(65)58-37-31-53(45-66(58)73)54-32-38-60-59-36-30-52(44-67(59)74(3,4)68(60)46-54)51-34-40-72-64(43-51)62-20-12-14-22-70(62)76(72)56-17-9-6-10-18-56/h5-46H,1-4H3/b24-23+. The molecule has 0 bridgehead atoms. The molecule has 2 aromatic heterocycles. The highest BCUT2D eigenvalue weighted by molar-refractivity contribution is 6.12. The molecule has 15 rings (SSSR count). The van der Waals surface area contributed by atoms with Gasteiger partial charge in [0.05, 0.1) is 22.1 Å². The van der Waals surface area contributed by atoms with Gasteiger partial charge in [-0.25, -0.2) is 0 Å². The van der Waals surface area contributed by atoms with Gasteiger partial charge in [-0.05, 0) is 168 Å². The lowest BCUT2D eigenvalue weighted by atomic mass is 9.79. The second kappa shape index (κ2) is 16.6. The van der Waals surface area contributed by atoms with Gasteiger partial charge < -0.3 is 9.13 Å². The normalized spacial score (nSPS) is 13.9. The Morgan fingerprint density at radius 2 is 0.592 bits per heavy atom. The van der Waals surface area contributed by atoms with Crippen LogP contribution in [-0.2, 0) is 10.8 Å². The second-order valence-corrected chi connectivity index (χ2v) is 22.1. The third-order valence-corrected chi connectivity index (χ3v) is 17.1. The molecule has 0 fully saturated rings. The Balaban J connectivity index is 0.684. The zero-order valence-corrected chi connectivity index (χ0v) is 43.1. The number of para-hydroxylation sites is 4. The van der Waals surface area contributed by atoms with Gasteiger partial charge in [-0.2, -0.15) is 0 Å². The first-order valence-electron chi connectivity index (χ1n) is 26.7. The molecule has 0 aliphatic heterocycles. The van der Waals surface area contributed by atoms with Gasteiger partial charge in [0.25, 0.3) is 0 Å². The quantitative estimate of drug-likeness (QED) is 0.141. The van der Waals surface area contributed by atoms with Crippen molar-refractivity contribution < 1.29 is 0 Å². The number of fused-ring (bicyclic) bond motifs is 12. The van der Waals surface area contributed by atoms with E-state index in [-0.39, 0.29) is 10.8 Å². The summed E-state index contributed by atoms with van der Waals surface area (Å²) in [5.41, 5.74) is 27.7. The largest absolute Gasteiger partial charge is 0.309 e. The fraction of sp³-hybridized carbons (Fsp3) is 0.0811. The smallest absolute Gasteiger partial charge is 0.0541 e. The molecule has 2 nitrogen and oxygen atoms in total. The molecule has 0 atom stereocenters. The van der Waals surface area contributed by atoms with E-state index in [9.17, 15) is 0 Å². The summed E-state index contributed by atoms with van der Waals surface area (Å²) in [7, 11) is 0. The van der Waals surface area contributed by atoms with Crippen molar-refractivity contribution in [3.8, 4) is 67.0 Å². The van der Waals surface area contributed by atoms with Gasteiger partial charge in [0, 0.05) is 43.7 Å². The lowest BCUT2D eigenvalue weighted by Crippen LogP contribution is -2.15. The van der Waals surface area contributed by atoms with Crippen LogP contribution in [0.4, 0.5) is 0 Å². The lowest BCUT2D eigenvalue weighted by molar-refractivity contribution is 0.659. The fourth-order valence-corrected chi connectivity index (χ4v) is 13.1. The molecule has 2 heterocycles. The molecular formula is C74H54N2. The monoisotopic (exact) mass is 970 g/mol. The SMILES string of the molecule is CC1(C)c2cc(/C=C/c3ccc(-c4ccc5c(c4)c4ccccc4n5-c4ccccc4)cc3)ccc2-c2ccc(-c3ccc4c(c3)C(C)(C)c3cc(-c5ccc6c(c5)c5ccccc5n6-c5ccccc5)ccc3-4)cc21. The van der Waals surface area contributed by atoms with Crippen LogP contribution in [-0.4, -0.2) is 9.13 Å². The van der Waals surface area contributed by atoms with Crippen LogP contribution < -0.4 is 0 Å². The molecule has 0 saturated heterocycles. The Hall–Kier alpha value is -9.24. The van der Waals surface area contributed by atoms with Crippen LogP contribution in [0.3, 0.4) is 0 Å². The van der Waals surface area contributed by atoms with E-state index in [1.54, 1.807) is 0 Å². The lowest BCUT2D eigenvalue weighted by Gasteiger charge is -2.24. The zero-order valence-electron chi connectivity index (χ0n) is 43.1. The molecule has 11 aromatic carbocycles. The number of hydrogen-bond acceptors (Lipinski definition) is 0. The van der Waals surface area contributed by atoms with Crippen LogP contribution in [0, 0.1) is 0 Å². The van der Waals surface area contributed by atoms with Crippen LogP contribution in [0.1, 0.15) is 61.1 Å². The van der Waals surface area contributed by atoms with Gasteiger partial charge in [-0.3, -0.25) is 0 Å². The maximum absolute atomic E-state index is 2.47. The molecule has 0 radical (unpaired) electrons. The fourth-order valence-electron chi connectivity index (χ4n) is 13.1. The van der Waals surface area contributed by atoms with Crippen LogP contribution in [0.15, 0.2) is 243 Å². The van der Waals surface area contributed by atoms with Gasteiger partial charge in [-0.15, -0.1) is 0 Å². The first kappa shape index (κ1) is 44.3. The van der Waals surface area contributed by atoms with Crippen molar-refractivity contribution in [2.24, 2.45) is 0 Å². The van der Waals surface area contributed by atoms with Crippen LogP contribution in [0.25, 0.3) is 123 Å². The van der Waals surface area contributed by atoms with Crippen molar-refractivity contribution in [2.75, 3.05) is 0 Å². The third-order valence-electron chi connectivity index (χ3n) is 17.1. The summed E-state index contributed by atoms with van der Waals surface area (Å²) in [6, 6.07) is 90.2. The minimum atomic E-state index is -0.163. The van der Waals surface area contributed by atoms with Crippen molar-refractivity contribution in [3.63, 3.8) is 0 Å². The molecule has 0 unspecified atom stereocenters. The Morgan fingerprint density at radius 3 is 1.07 bits per heavy atom. The summed E-state index contributed by atoms with van der Waals surface area (Å²) < 4.78 is 4.76. The molecule has 0 spiro atoms. The van der Waals surface area contributed by atoms with Gasteiger partial charge in [-0.1, -0.05) is 204 Å². The zero-order chi connectivity index (χ0) is 50.9. The van der Waals surface area contributed by atoms with E-state index in [4.69, 9.17) is 0 Å². The maximum atomic E-state index is 2.47. The van der Waals surface area contributed by atoms with E-state index in [0.29, 0.717) is 0 Å². The first-order chi connectivity index (χ1) is 37.2. The molecule has 2 heteroatoms. The summed E-state index contributed by atoms with van der Waals surface area (Å²) >= 11 is 0. The van der Waals surface area contributed by atoms with Gasteiger partial charge in [0.1, 0.15) is 0 Å². The number of rotatable bonds is 7. The van der Waals surface area contributed by atoms with Crippen LogP contribution in [0.5, 0.6) is 0 Å². The predicted octanol–water partition coefficient (Wildman–Crippen LogP) is 19.7. The number of aromatic nitrogens is 2. The molecule has 2 aliphatic rings. The Morgan fingerprint density at radius 1 is 0.263 bits per heavy atom. The number of hydrogen-bond donors (Lipinski definition) is 0. The van der Waals surface area contributed by atoms with E-state index in [1.165, 1.54) is 144 Å². The average molecular weight is 971 g/mol. The Kier molecular flexibility index (Phi) is 9.69. The van der Waals surface area contributed by atoms with Gasteiger partial charge in [0.2, 0.25) is 0 Å². The van der Waals surface area contributed by atoms with E-state index in [1.807, 2.05) is 0 Å². The highest BCUT2D eigenvalue weighted by atomic mass is 15.0. The summed E-state index contributed by atoms with van der Waals surface area (Å²) in [6.07, 6.45) is 4.51. The minimum absolute atomic E-state index is 0.150. The minimum Gasteiger partial charge on any atom is -0.309 e. The Bertz CT molecular complexity index is 4540. The van der Waals surface area contributed by atoms with E-state index in [2.05, 4.69) is 292 Å². The van der Waals surface area contributed by atoms with Crippen molar-refractivity contribution in [1.29, 1.82) is 0 Å². The third kappa shape index (κ3) is 6.73. The summed E-state index contributed by atoms with van der Waals surface area (Å²) in [5, 5.41) is 5.08. The van der Waals surface area contributed by atoms with Gasteiger partial charge in [0.15, 0.2) is 0 Å². The highest BCUT2D eigenvalue weighted by Crippen LogP contribution is 2.53. The highest BCUT2D eigenvalue weighted by Gasteiger charge is 2.38. The molecule has 0 amide bonds. The first-order valence-corrected chi connectivity index (χ1v) is 26.7. The summed E-state index contributed by atoms with van der Waals surface area (Å²) in [6.45, 7) is 9.59. The molecule has 76 heavy (non-hydrogen) atoms. The Labute approximate surface area is 444 Å². The maximum Gasteiger partial charge on any atom is 0.0541 e. The van der Waals surface area contributed by atoms with Crippen molar-refractivity contribution in [3.05, 3.63) is 276 Å². The number of benzene rings is 11. The summed E-state index contributed by atoms with van der Waals surface area (Å²) in [5.74, 6) is 0. The number of nitrogens with zero attached hydrogens (tertiary/aromatic N) is 2. The van der Waals surface area contributed by atoms with Crippen LogP contribution in [0.2, 0.25) is 0 Å². The average Bonchev–Trinajstić information content (AvgIpc) is 4.23. The van der Waals surface area contributed by atoms with E-state index >= 15 is 0 Å². The molecule has 0 N–H and O–H groups in total. The van der Waals surface area contributed by atoms with E-state index < -0.39 is 0 Å². The predicted molar refractivity (Wildman–Crippen MR) is 322 cm³/mol. The van der Waals surface area contributed by atoms with Crippen molar-refractivity contribution in [1.82, 2.24) is 9.13 Å². The summed E-state index contributed by atoms with van der Waals surface area (Å²) in [4.78, 5) is 0. The topological polar surface area (TPSA) is 9.86 Å².